The lowest BCUT2D eigenvalue weighted by molar-refractivity contribution is -0.359. The summed E-state index contributed by atoms with van der Waals surface area (Å²) < 4.78 is 22.8. The summed E-state index contributed by atoms with van der Waals surface area (Å²) in [4.78, 5) is 13.3. The minimum absolute atomic E-state index is 0.241. The topological polar surface area (TPSA) is 228 Å². The van der Waals surface area contributed by atoms with Crippen molar-refractivity contribution in [3.8, 4) is 0 Å². The maximum atomic E-state index is 13.3. The molecule has 0 aromatic heterocycles. The number of allylic oxidation sites excluding steroid dienone is 11. The number of hydrogen-bond donors (Lipinski definition) is 9. The first-order chi connectivity index (χ1) is 39.1. The van der Waals surface area contributed by atoms with Crippen molar-refractivity contribution < 1.29 is 64.6 Å². The predicted octanol–water partition coefficient (Wildman–Crippen LogP) is 11.9. The lowest BCUT2D eigenvalue weighted by Gasteiger charge is -2.46. The van der Waals surface area contributed by atoms with E-state index in [2.05, 4.69) is 79.9 Å². The van der Waals surface area contributed by atoms with Crippen LogP contribution >= 0.6 is 0 Å². The van der Waals surface area contributed by atoms with Gasteiger partial charge in [-0.2, -0.15) is 0 Å². The van der Waals surface area contributed by atoms with Gasteiger partial charge in [-0.15, -0.1) is 0 Å². The van der Waals surface area contributed by atoms with E-state index in [0.717, 1.165) is 70.6 Å². The highest BCUT2D eigenvalue weighted by Crippen LogP contribution is 2.30. The fraction of sp³-hybridized carbons (Fsp3) is 0.803. The summed E-state index contributed by atoms with van der Waals surface area (Å²) in [5.41, 5.74) is 0. The van der Waals surface area contributed by atoms with Crippen molar-refractivity contribution in [2.75, 3.05) is 19.8 Å². The van der Waals surface area contributed by atoms with E-state index in [4.69, 9.17) is 18.9 Å². The Labute approximate surface area is 485 Å². The number of amides is 1. The molecular weight excluding hydrogens is 1010 g/mol. The third-order valence-corrected chi connectivity index (χ3v) is 15.4. The van der Waals surface area contributed by atoms with E-state index < -0.39 is 86.8 Å². The first-order valence-electron chi connectivity index (χ1n) is 32.2. The zero-order chi connectivity index (χ0) is 58.1. The summed E-state index contributed by atoms with van der Waals surface area (Å²) in [5.74, 6) is -0.241. The Balaban J connectivity index is 1.67. The number of rotatable bonds is 51. The van der Waals surface area contributed by atoms with E-state index in [-0.39, 0.29) is 18.9 Å². The molecule has 0 aromatic carbocycles. The summed E-state index contributed by atoms with van der Waals surface area (Å²) in [6, 6.07) is -0.917. The first kappa shape index (κ1) is 73.5. The number of carbonyl (C=O) groups excluding carboxylic acids is 1. The van der Waals surface area contributed by atoms with Crippen molar-refractivity contribution in [2.45, 2.75) is 319 Å². The number of nitrogens with one attached hydrogen (secondary N) is 1. The SMILES string of the molecule is CC/C=C\C/C=C\C/C=C\C/C=C\C/C=C\CCCCCCCCCCCCCCCCCC(=O)NC(COC1OC(CO)C(OC2OC(CO)C(O)C(O)C2O)C(O)C1O)C(O)/C=C/CCCCCCCCCCCCCCC. The van der Waals surface area contributed by atoms with Gasteiger partial charge >= 0.3 is 0 Å². The molecule has 14 nitrogen and oxygen atoms in total. The smallest absolute Gasteiger partial charge is 0.220 e. The van der Waals surface area contributed by atoms with Gasteiger partial charge in [-0.05, 0) is 64.2 Å². The van der Waals surface area contributed by atoms with E-state index in [9.17, 15) is 45.6 Å². The quantitative estimate of drug-likeness (QED) is 0.0204. The maximum absolute atomic E-state index is 13.3. The van der Waals surface area contributed by atoms with Crippen LogP contribution in [-0.4, -0.2) is 140 Å². The molecule has 0 radical (unpaired) electrons. The van der Waals surface area contributed by atoms with Gasteiger partial charge < -0.3 is 65.1 Å². The normalized spacial score (nSPS) is 24.7. The summed E-state index contributed by atoms with van der Waals surface area (Å²) in [6.45, 7) is 2.69. The van der Waals surface area contributed by atoms with Crippen LogP contribution in [0.2, 0.25) is 0 Å². The van der Waals surface area contributed by atoms with Crippen molar-refractivity contribution in [2.24, 2.45) is 0 Å². The standard InChI is InChI=1S/C66H117NO13/c1-3-5-7-9-11-13-15-17-19-20-21-22-23-24-25-26-27-28-29-30-31-32-33-34-36-38-40-42-44-46-48-50-58(71)67-54(55(70)49-47-45-43-41-39-37-35-18-16-14-12-10-8-6-4-2)53-77-65-63(76)61(74)64(57(52-69)79-65)80-66-62(75)60(73)59(72)56(51-68)78-66/h5,7,11,13,17,19,21-22,24-25,47,49,54-57,59-66,68-70,72-76H,3-4,6,8-10,12,14-16,18,20,23,26-46,48,50-53H2,1-2H3,(H,67,71)/b7-5-,13-11-,19-17-,22-21-,25-24-,49-47+. The number of unbranched alkanes of at least 4 members (excludes halogenated alkanes) is 28. The van der Waals surface area contributed by atoms with Gasteiger partial charge in [-0.1, -0.05) is 247 Å². The highest BCUT2D eigenvalue weighted by atomic mass is 16.7. The van der Waals surface area contributed by atoms with Crippen LogP contribution in [0.4, 0.5) is 0 Å². The van der Waals surface area contributed by atoms with Crippen molar-refractivity contribution in [1.82, 2.24) is 5.32 Å². The third-order valence-electron chi connectivity index (χ3n) is 15.4. The lowest BCUT2D eigenvalue weighted by atomic mass is 9.97. The molecule has 2 saturated heterocycles. The summed E-state index contributed by atoms with van der Waals surface area (Å²) in [7, 11) is 0. The molecule has 2 aliphatic heterocycles. The van der Waals surface area contributed by atoms with E-state index in [1.54, 1.807) is 6.08 Å². The van der Waals surface area contributed by atoms with Gasteiger partial charge in [0.1, 0.15) is 48.8 Å². The van der Waals surface area contributed by atoms with Crippen molar-refractivity contribution >= 4 is 5.91 Å². The Bertz CT molecular complexity index is 1620. The van der Waals surface area contributed by atoms with Crippen LogP contribution in [0.25, 0.3) is 0 Å². The number of carbonyl (C=O) groups is 1. The molecule has 1 amide bonds. The van der Waals surface area contributed by atoms with Gasteiger partial charge in [0.15, 0.2) is 12.6 Å². The van der Waals surface area contributed by atoms with Crippen molar-refractivity contribution in [3.63, 3.8) is 0 Å². The molecule has 0 spiro atoms. The molecule has 0 aromatic rings. The zero-order valence-corrected chi connectivity index (χ0v) is 50.1. The highest BCUT2D eigenvalue weighted by molar-refractivity contribution is 5.76. The molecule has 2 aliphatic rings. The monoisotopic (exact) mass is 1130 g/mol. The van der Waals surface area contributed by atoms with Crippen molar-refractivity contribution in [1.29, 1.82) is 0 Å². The molecular formula is C66H117NO13. The first-order valence-corrected chi connectivity index (χ1v) is 32.2. The average molecular weight is 1130 g/mol. The average Bonchev–Trinajstić information content (AvgIpc) is 3.46. The van der Waals surface area contributed by atoms with E-state index in [0.29, 0.717) is 6.42 Å². The molecule has 2 fully saturated rings. The van der Waals surface area contributed by atoms with E-state index >= 15 is 0 Å². The second kappa shape index (κ2) is 50.9. The van der Waals surface area contributed by atoms with Crippen LogP contribution in [0.1, 0.15) is 245 Å². The van der Waals surface area contributed by atoms with E-state index in [1.165, 1.54) is 148 Å². The minimum atomic E-state index is -1.79. The largest absolute Gasteiger partial charge is 0.394 e. The van der Waals surface area contributed by atoms with Crippen LogP contribution in [0, 0.1) is 0 Å². The Morgan fingerprint density at radius 2 is 0.863 bits per heavy atom. The molecule has 12 unspecified atom stereocenters. The van der Waals surface area contributed by atoms with Crippen LogP contribution in [0.15, 0.2) is 72.9 Å². The summed E-state index contributed by atoms with van der Waals surface area (Å²) in [5, 5.41) is 87.2. The molecule has 0 saturated carbocycles. The van der Waals surface area contributed by atoms with Gasteiger partial charge in [0.25, 0.3) is 0 Å². The molecule has 0 bridgehead atoms. The van der Waals surface area contributed by atoms with Gasteiger partial charge in [-0.3, -0.25) is 4.79 Å². The molecule has 9 N–H and O–H groups in total. The van der Waals surface area contributed by atoms with Crippen molar-refractivity contribution in [3.05, 3.63) is 72.9 Å². The molecule has 12 atom stereocenters. The van der Waals surface area contributed by atoms with E-state index in [1.807, 2.05) is 6.08 Å². The number of aliphatic hydroxyl groups is 8. The Morgan fingerprint density at radius 1 is 0.463 bits per heavy atom. The van der Waals surface area contributed by atoms with Crippen LogP contribution in [-0.2, 0) is 23.7 Å². The molecule has 14 heteroatoms. The molecule has 2 rings (SSSR count). The van der Waals surface area contributed by atoms with Crippen LogP contribution in [0.5, 0.6) is 0 Å². The van der Waals surface area contributed by atoms with Gasteiger partial charge in [0.05, 0.1) is 32.0 Å². The summed E-state index contributed by atoms with van der Waals surface area (Å²) in [6.07, 6.45) is 50.9. The third kappa shape index (κ3) is 35.5. The zero-order valence-electron chi connectivity index (χ0n) is 50.1. The fourth-order valence-electron chi connectivity index (χ4n) is 10.3. The second-order valence-corrected chi connectivity index (χ2v) is 22.5. The summed E-state index contributed by atoms with van der Waals surface area (Å²) >= 11 is 0. The fourth-order valence-corrected chi connectivity index (χ4v) is 10.3. The van der Waals surface area contributed by atoms with Gasteiger partial charge in [-0.25, -0.2) is 0 Å². The molecule has 80 heavy (non-hydrogen) atoms. The molecule has 2 heterocycles. The second-order valence-electron chi connectivity index (χ2n) is 22.5. The van der Waals surface area contributed by atoms with Crippen LogP contribution < -0.4 is 5.32 Å². The molecule has 464 valence electrons. The lowest BCUT2D eigenvalue weighted by Crippen LogP contribution is -2.65. The number of ether oxygens (including phenoxy) is 4. The minimum Gasteiger partial charge on any atom is -0.394 e. The highest BCUT2D eigenvalue weighted by Gasteiger charge is 2.51. The molecule has 0 aliphatic carbocycles. The Hall–Kier alpha value is -2.57. The predicted molar refractivity (Wildman–Crippen MR) is 323 cm³/mol. The maximum Gasteiger partial charge on any atom is 0.220 e. The van der Waals surface area contributed by atoms with Gasteiger partial charge in [0, 0.05) is 6.42 Å². The van der Waals surface area contributed by atoms with Gasteiger partial charge in [0.2, 0.25) is 5.91 Å². The Morgan fingerprint density at radius 3 is 1.32 bits per heavy atom. The Kier molecular flexibility index (Phi) is 46.8. The number of hydrogen-bond acceptors (Lipinski definition) is 13. The van der Waals surface area contributed by atoms with Crippen LogP contribution in [0.3, 0.4) is 0 Å². The number of aliphatic hydroxyl groups excluding tert-OH is 8.